The summed E-state index contributed by atoms with van der Waals surface area (Å²) in [5.41, 5.74) is 4.13. The molecular formula is C21H25N3O3. The minimum Gasteiger partial charge on any atom is -0.380 e. The van der Waals surface area contributed by atoms with E-state index >= 15 is 0 Å². The van der Waals surface area contributed by atoms with E-state index in [1.165, 1.54) is 0 Å². The van der Waals surface area contributed by atoms with Crippen LogP contribution in [0.2, 0.25) is 0 Å². The summed E-state index contributed by atoms with van der Waals surface area (Å²) < 4.78 is 5.13. The lowest BCUT2D eigenvalue weighted by atomic mass is 10.1. The number of hydrogen-bond donors (Lipinski definition) is 3. The van der Waals surface area contributed by atoms with Gasteiger partial charge in [0.25, 0.3) is 5.91 Å². The largest absolute Gasteiger partial charge is 0.380 e. The smallest absolute Gasteiger partial charge is 0.319 e. The van der Waals surface area contributed by atoms with E-state index in [-0.39, 0.29) is 11.9 Å². The molecule has 6 nitrogen and oxygen atoms in total. The van der Waals surface area contributed by atoms with Gasteiger partial charge in [-0.15, -0.1) is 0 Å². The lowest BCUT2D eigenvalue weighted by molar-refractivity contribution is 0.0951. The van der Waals surface area contributed by atoms with Gasteiger partial charge in [-0.2, -0.15) is 0 Å². The summed E-state index contributed by atoms with van der Waals surface area (Å²) in [4.78, 5) is 24.5. The van der Waals surface area contributed by atoms with E-state index in [4.69, 9.17) is 4.74 Å². The summed E-state index contributed by atoms with van der Waals surface area (Å²) in [6.07, 6.45) is 2.08. The number of aryl methyl sites for hydroxylation is 1. The normalized spacial score (nSPS) is 13.1. The van der Waals surface area contributed by atoms with Crippen molar-refractivity contribution in [1.82, 2.24) is 10.6 Å². The average Bonchev–Trinajstić information content (AvgIpc) is 3.46. The standard InChI is InChI=1S/C21H25N3O3/c1-14-6-7-17(20(25)23-18-8-9-18)11-19(14)24-21(26)22-12-15-4-3-5-16(10-15)13-27-2/h3-7,10-11,18H,8-9,12-13H2,1-2H3,(H,23,25)(H2,22,24,26). The van der Waals surface area contributed by atoms with Gasteiger partial charge < -0.3 is 20.7 Å². The zero-order chi connectivity index (χ0) is 19.2. The number of amides is 3. The first kappa shape index (κ1) is 18.9. The maximum Gasteiger partial charge on any atom is 0.319 e. The molecular weight excluding hydrogens is 342 g/mol. The van der Waals surface area contributed by atoms with Gasteiger partial charge in [0.1, 0.15) is 0 Å². The lowest BCUT2D eigenvalue weighted by Crippen LogP contribution is -2.29. The highest BCUT2D eigenvalue weighted by atomic mass is 16.5. The summed E-state index contributed by atoms with van der Waals surface area (Å²) in [6, 6.07) is 13.2. The van der Waals surface area contributed by atoms with Crippen molar-refractivity contribution in [2.45, 2.75) is 39.0 Å². The second-order valence-corrected chi connectivity index (χ2v) is 6.84. The Morgan fingerprint density at radius 2 is 1.89 bits per heavy atom. The number of urea groups is 1. The molecule has 1 aliphatic rings. The molecule has 0 spiro atoms. The fraction of sp³-hybridized carbons (Fsp3) is 0.333. The van der Waals surface area contributed by atoms with Gasteiger partial charge in [0.2, 0.25) is 0 Å². The number of hydrogen-bond acceptors (Lipinski definition) is 3. The molecule has 6 heteroatoms. The number of benzene rings is 2. The third-order valence-corrected chi connectivity index (χ3v) is 4.42. The third kappa shape index (κ3) is 5.56. The van der Waals surface area contributed by atoms with Crippen molar-refractivity contribution >= 4 is 17.6 Å². The summed E-state index contributed by atoms with van der Waals surface area (Å²) in [5.74, 6) is -0.101. The quantitative estimate of drug-likeness (QED) is 0.702. The molecule has 0 aromatic heterocycles. The van der Waals surface area contributed by atoms with Crippen LogP contribution in [0.4, 0.5) is 10.5 Å². The van der Waals surface area contributed by atoms with Crippen LogP contribution in [-0.4, -0.2) is 25.1 Å². The van der Waals surface area contributed by atoms with Gasteiger partial charge in [0, 0.05) is 30.9 Å². The predicted octanol–water partition coefficient (Wildman–Crippen LogP) is 3.36. The van der Waals surface area contributed by atoms with Gasteiger partial charge in [-0.1, -0.05) is 30.3 Å². The van der Waals surface area contributed by atoms with Crippen LogP contribution in [0.3, 0.4) is 0 Å². The fourth-order valence-corrected chi connectivity index (χ4v) is 2.74. The van der Waals surface area contributed by atoms with E-state index in [1.807, 2.05) is 37.3 Å². The zero-order valence-corrected chi connectivity index (χ0v) is 15.7. The number of methoxy groups -OCH3 is 1. The van der Waals surface area contributed by atoms with E-state index in [2.05, 4.69) is 16.0 Å². The van der Waals surface area contributed by atoms with Crippen molar-refractivity contribution in [3.05, 3.63) is 64.7 Å². The third-order valence-electron chi connectivity index (χ3n) is 4.42. The van der Waals surface area contributed by atoms with Gasteiger partial charge in [-0.3, -0.25) is 4.79 Å². The molecule has 3 N–H and O–H groups in total. The number of nitrogens with one attached hydrogen (secondary N) is 3. The molecule has 0 saturated heterocycles. The number of anilines is 1. The highest BCUT2D eigenvalue weighted by Gasteiger charge is 2.24. The number of carbonyl (C=O) groups is 2. The zero-order valence-electron chi connectivity index (χ0n) is 15.7. The van der Waals surface area contributed by atoms with Gasteiger partial charge in [-0.05, 0) is 48.6 Å². The maximum atomic E-state index is 12.3. The van der Waals surface area contributed by atoms with Crippen LogP contribution < -0.4 is 16.0 Å². The molecule has 27 heavy (non-hydrogen) atoms. The van der Waals surface area contributed by atoms with Gasteiger partial charge in [0.15, 0.2) is 0 Å². The molecule has 0 atom stereocenters. The molecule has 0 bridgehead atoms. The predicted molar refractivity (Wildman–Crippen MR) is 105 cm³/mol. The molecule has 1 fully saturated rings. The summed E-state index contributed by atoms with van der Waals surface area (Å²) in [6.45, 7) is 2.84. The van der Waals surface area contributed by atoms with Crippen LogP contribution >= 0.6 is 0 Å². The van der Waals surface area contributed by atoms with Crippen molar-refractivity contribution in [3.63, 3.8) is 0 Å². The van der Waals surface area contributed by atoms with Crippen molar-refractivity contribution in [1.29, 1.82) is 0 Å². The Kier molecular flexibility index (Phi) is 6.08. The first-order valence-corrected chi connectivity index (χ1v) is 9.08. The maximum absolute atomic E-state index is 12.3. The molecule has 0 radical (unpaired) electrons. The Bertz CT molecular complexity index is 831. The molecule has 1 aliphatic carbocycles. The van der Waals surface area contributed by atoms with Crippen LogP contribution in [0.15, 0.2) is 42.5 Å². The van der Waals surface area contributed by atoms with E-state index in [1.54, 1.807) is 19.2 Å². The van der Waals surface area contributed by atoms with Gasteiger partial charge in [0.05, 0.1) is 6.61 Å². The van der Waals surface area contributed by atoms with E-state index in [0.29, 0.717) is 30.4 Å². The lowest BCUT2D eigenvalue weighted by Gasteiger charge is -2.12. The van der Waals surface area contributed by atoms with Crippen molar-refractivity contribution < 1.29 is 14.3 Å². The molecule has 2 aromatic carbocycles. The topological polar surface area (TPSA) is 79.5 Å². The molecule has 3 rings (SSSR count). The van der Waals surface area contributed by atoms with Crippen LogP contribution in [0.1, 0.15) is 39.9 Å². The first-order chi connectivity index (χ1) is 13.0. The van der Waals surface area contributed by atoms with E-state index in [0.717, 1.165) is 29.5 Å². The Hall–Kier alpha value is -2.86. The Balaban J connectivity index is 1.58. The van der Waals surface area contributed by atoms with Crippen molar-refractivity contribution in [2.24, 2.45) is 0 Å². The SMILES string of the molecule is COCc1cccc(CNC(=O)Nc2cc(C(=O)NC3CC3)ccc2C)c1. The van der Waals surface area contributed by atoms with Gasteiger partial charge >= 0.3 is 6.03 Å². The molecule has 0 unspecified atom stereocenters. The summed E-state index contributed by atoms with van der Waals surface area (Å²) >= 11 is 0. The number of rotatable bonds is 7. The minimum atomic E-state index is -0.310. The van der Waals surface area contributed by atoms with Crippen LogP contribution in [-0.2, 0) is 17.9 Å². The molecule has 1 saturated carbocycles. The minimum absolute atomic E-state index is 0.101. The van der Waals surface area contributed by atoms with Crippen LogP contribution in [0, 0.1) is 6.92 Å². The molecule has 142 valence electrons. The Morgan fingerprint density at radius 3 is 2.63 bits per heavy atom. The Labute approximate surface area is 159 Å². The van der Waals surface area contributed by atoms with E-state index in [9.17, 15) is 9.59 Å². The van der Waals surface area contributed by atoms with Crippen LogP contribution in [0.25, 0.3) is 0 Å². The summed E-state index contributed by atoms with van der Waals surface area (Å²) in [7, 11) is 1.65. The fourth-order valence-electron chi connectivity index (χ4n) is 2.74. The van der Waals surface area contributed by atoms with Gasteiger partial charge in [-0.25, -0.2) is 4.79 Å². The molecule has 0 heterocycles. The second kappa shape index (κ2) is 8.68. The van der Waals surface area contributed by atoms with Crippen molar-refractivity contribution in [3.8, 4) is 0 Å². The van der Waals surface area contributed by atoms with E-state index < -0.39 is 0 Å². The molecule has 3 amide bonds. The van der Waals surface area contributed by atoms with Crippen molar-refractivity contribution in [2.75, 3.05) is 12.4 Å². The summed E-state index contributed by atoms with van der Waals surface area (Å²) in [5, 5.41) is 8.63. The Morgan fingerprint density at radius 1 is 1.11 bits per heavy atom. The van der Waals surface area contributed by atoms with Crippen LogP contribution in [0.5, 0.6) is 0 Å². The average molecular weight is 367 g/mol. The molecule has 2 aromatic rings. The second-order valence-electron chi connectivity index (χ2n) is 6.84. The monoisotopic (exact) mass is 367 g/mol. The first-order valence-electron chi connectivity index (χ1n) is 9.08. The number of ether oxygens (including phenoxy) is 1. The number of carbonyl (C=O) groups excluding carboxylic acids is 2. The highest BCUT2D eigenvalue weighted by molar-refractivity contribution is 5.97. The molecule has 0 aliphatic heterocycles. The highest BCUT2D eigenvalue weighted by Crippen LogP contribution is 2.21.